The molecule has 0 N–H and O–H groups in total. The smallest absolute Gasteiger partial charge is 0.457 e. The SMILES string of the molecule is O=C(OCOc1cccc(OC(F)(F)F)c1)c1ccon1. The number of ether oxygens (including phenoxy) is 3. The van der Waals surface area contributed by atoms with Gasteiger partial charge in [0, 0.05) is 12.1 Å². The fourth-order valence-corrected chi connectivity index (χ4v) is 1.30. The molecule has 9 heteroatoms. The molecule has 2 aromatic rings. The summed E-state index contributed by atoms with van der Waals surface area (Å²) < 4.78 is 54.0. The van der Waals surface area contributed by atoms with Gasteiger partial charge in [-0.05, 0) is 12.1 Å². The Balaban J connectivity index is 1.86. The van der Waals surface area contributed by atoms with Crippen molar-refractivity contribution in [2.24, 2.45) is 0 Å². The first-order chi connectivity index (χ1) is 9.94. The lowest BCUT2D eigenvalue weighted by Crippen LogP contribution is -2.17. The van der Waals surface area contributed by atoms with Crippen LogP contribution in [0.3, 0.4) is 0 Å². The molecule has 0 saturated heterocycles. The van der Waals surface area contributed by atoms with Crippen LogP contribution in [0, 0.1) is 0 Å². The van der Waals surface area contributed by atoms with Crippen molar-refractivity contribution in [3.63, 3.8) is 0 Å². The number of halogens is 3. The van der Waals surface area contributed by atoms with Crippen molar-refractivity contribution in [2.45, 2.75) is 6.36 Å². The Labute approximate surface area is 116 Å². The third-order valence-electron chi connectivity index (χ3n) is 2.10. The molecule has 1 aromatic heterocycles. The average Bonchev–Trinajstić information content (AvgIpc) is 2.91. The molecule has 21 heavy (non-hydrogen) atoms. The van der Waals surface area contributed by atoms with Crippen molar-refractivity contribution in [2.75, 3.05) is 6.79 Å². The van der Waals surface area contributed by atoms with Gasteiger partial charge in [0.2, 0.25) is 6.79 Å². The number of hydrogen-bond donors (Lipinski definition) is 0. The van der Waals surface area contributed by atoms with E-state index in [1.165, 1.54) is 24.5 Å². The van der Waals surface area contributed by atoms with Gasteiger partial charge in [0.15, 0.2) is 5.69 Å². The largest absolute Gasteiger partial charge is 0.573 e. The number of rotatable bonds is 5. The number of carbonyl (C=O) groups is 1. The standard InChI is InChI=1S/C12H8F3NO5/c13-12(14,15)21-9-3-1-2-8(6-9)18-7-19-11(17)10-4-5-20-16-10/h1-6H,7H2. The van der Waals surface area contributed by atoms with E-state index in [1.807, 2.05) is 0 Å². The van der Waals surface area contributed by atoms with E-state index in [-0.39, 0.29) is 11.4 Å². The molecule has 0 saturated carbocycles. The second-order valence-corrected chi connectivity index (χ2v) is 3.60. The lowest BCUT2D eigenvalue weighted by atomic mass is 10.3. The van der Waals surface area contributed by atoms with Crippen molar-refractivity contribution >= 4 is 5.97 Å². The summed E-state index contributed by atoms with van der Waals surface area (Å²) in [5.74, 6) is -1.18. The van der Waals surface area contributed by atoms with Crippen molar-refractivity contribution in [3.05, 3.63) is 42.3 Å². The summed E-state index contributed by atoms with van der Waals surface area (Å²) >= 11 is 0. The maximum atomic E-state index is 12.0. The predicted molar refractivity (Wildman–Crippen MR) is 60.5 cm³/mol. The second kappa shape index (κ2) is 6.16. The summed E-state index contributed by atoms with van der Waals surface area (Å²) in [5, 5.41) is 3.35. The van der Waals surface area contributed by atoms with Gasteiger partial charge in [-0.25, -0.2) is 4.79 Å². The molecule has 2 rings (SSSR count). The van der Waals surface area contributed by atoms with Crippen molar-refractivity contribution in [1.82, 2.24) is 5.16 Å². The highest BCUT2D eigenvalue weighted by molar-refractivity contribution is 5.86. The zero-order valence-corrected chi connectivity index (χ0v) is 10.3. The number of hydrogen-bond acceptors (Lipinski definition) is 6. The normalized spacial score (nSPS) is 11.0. The minimum absolute atomic E-state index is 0.0460. The molecular formula is C12H8F3NO5. The van der Waals surface area contributed by atoms with Crippen LogP contribution in [-0.2, 0) is 4.74 Å². The van der Waals surface area contributed by atoms with Gasteiger partial charge < -0.3 is 18.7 Å². The number of nitrogens with zero attached hydrogens (tertiary/aromatic N) is 1. The van der Waals surface area contributed by atoms with E-state index in [9.17, 15) is 18.0 Å². The molecule has 0 amide bonds. The highest BCUT2D eigenvalue weighted by Crippen LogP contribution is 2.25. The first-order valence-electron chi connectivity index (χ1n) is 5.50. The van der Waals surface area contributed by atoms with Gasteiger partial charge in [0.05, 0.1) is 0 Å². The average molecular weight is 303 g/mol. The van der Waals surface area contributed by atoms with Gasteiger partial charge in [-0.2, -0.15) is 0 Å². The van der Waals surface area contributed by atoms with Gasteiger partial charge in [-0.15, -0.1) is 13.2 Å². The van der Waals surface area contributed by atoms with Crippen LogP contribution >= 0.6 is 0 Å². The first kappa shape index (κ1) is 14.7. The Morgan fingerprint density at radius 2 is 2.00 bits per heavy atom. The van der Waals surface area contributed by atoms with Gasteiger partial charge in [0.25, 0.3) is 0 Å². The Morgan fingerprint density at radius 1 is 1.24 bits per heavy atom. The number of benzene rings is 1. The van der Waals surface area contributed by atoms with Gasteiger partial charge in [-0.1, -0.05) is 11.2 Å². The van der Waals surface area contributed by atoms with Crippen LogP contribution in [0.15, 0.2) is 41.1 Å². The lowest BCUT2D eigenvalue weighted by Gasteiger charge is -2.10. The van der Waals surface area contributed by atoms with Crippen LogP contribution in [0.5, 0.6) is 11.5 Å². The van der Waals surface area contributed by atoms with E-state index in [4.69, 9.17) is 4.74 Å². The topological polar surface area (TPSA) is 70.8 Å². The zero-order valence-electron chi connectivity index (χ0n) is 10.3. The minimum Gasteiger partial charge on any atom is -0.457 e. The van der Waals surface area contributed by atoms with E-state index in [2.05, 4.69) is 19.2 Å². The predicted octanol–water partition coefficient (Wildman–Crippen LogP) is 2.77. The molecule has 0 radical (unpaired) electrons. The molecule has 0 aliphatic rings. The Bertz CT molecular complexity index is 597. The van der Waals surface area contributed by atoms with Crippen LogP contribution in [0.2, 0.25) is 0 Å². The van der Waals surface area contributed by atoms with Crippen molar-refractivity contribution < 1.29 is 36.7 Å². The summed E-state index contributed by atoms with van der Waals surface area (Å²) in [7, 11) is 0. The van der Waals surface area contributed by atoms with Crippen LogP contribution in [0.1, 0.15) is 10.5 Å². The van der Waals surface area contributed by atoms with E-state index < -0.39 is 24.9 Å². The van der Waals surface area contributed by atoms with E-state index in [1.54, 1.807) is 0 Å². The molecule has 6 nitrogen and oxygen atoms in total. The van der Waals surface area contributed by atoms with E-state index in [0.29, 0.717) is 0 Å². The molecule has 0 aliphatic carbocycles. The molecule has 0 spiro atoms. The Hall–Kier alpha value is -2.71. The quantitative estimate of drug-likeness (QED) is 0.625. The summed E-state index contributed by atoms with van der Waals surface area (Å²) in [5.41, 5.74) is -0.0484. The van der Waals surface area contributed by atoms with E-state index >= 15 is 0 Å². The highest BCUT2D eigenvalue weighted by Gasteiger charge is 2.31. The Morgan fingerprint density at radius 3 is 2.67 bits per heavy atom. The molecule has 112 valence electrons. The summed E-state index contributed by atoms with van der Waals surface area (Å²) in [4.78, 5) is 11.4. The number of carbonyl (C=O) groups excluding carboxylic acids is 1. The zero-order chi connectivity index (χ0) is 15.3. The molecule has 0 bridgehead atoms. The molecular weight excluding hydrogens is 295 g/mol. The monoisotopic (exact) mass is 303 g/mol. The molecule has 1 aromatic carbocycles. The van der Waals surface area contributed by atoms with Crippen LogP contribution in [-0.4, -0.2) is 24.3 Å². The highest BCUT2D eigenvalue weighted by atomic mass is 19.4. The Kier molecular flexibility index (Phi) is 4.31. The fraction of sp³-hybridized carbons (Fsp3) is 0.167. The number of alkyl halides is 3. The third-order valence-corrected chi connectivity index (χ3v) is 2.10. The molecule has 0 aliphatic heterocycles. The van der Waals surface area contributed by atoms with Crippen LogP contribution in [0.4, 0.5) is 13.2 Å². The van der Waals surface area contributed by atoms with E-state index in [0.717, 1.165) is 12.1 Å². The minimum atomic E-state index is -4.79. The summed E-state index contributed by atoms with van der Waals surface area (Å²) in [6.45, 7) is -0.499. The molecule has 0 unspecified atom stereocenters. The molecule has 1 heterocycles. The lowest BCUT2D eigenvalue weighted by molar-refractivity contribution is -0.274. The van der Waals surface area contributed by atoms with Gasteiger partial charge in [0.1, 0.15) is 17.8 Å². The second-order valence-electron chi connectivity index (χ2n) is 3.60. The third kappa shape index (κ3) is 4.71. The number of aromatic nitrogens is 1. The molecule has 0 fully saturated rings. The van der Waals surface area contributed by atoms with Gasteiger partial charge in [-0.3, -0.25) is 0 Å². The van der Waals surface area contributed by atoms with Gasteiger partial charge >= 0.3 is 12.3 Å². The fourth-order valence-electron chi connectivity index (χ4n) is 1.30. The van der Waals surface area contributed by atoms with Crippen LogP contribution in [0.25, 0.3) is 0 Å². The first-order valence-corrected chi connectivity index (χ1v) is 5.50. The maximum absolute atomic E-state index is 12.0. The summed E-state index contributed by atoms with van der Waals surface area (Å²) in [6, 6.07) is 6.10. The van der Waals surface area contributed by atoms with Crippen molar-refractivity contribution in [3.8, 4) is 11.5 Å². The van der Waals surface area contributed by atoms with Crippen molar-refractivity contribution in [1.29, 1.82) is 0 Å². The molecule has 0 atom stereocenters. The van der Waals surface area contributed by atoms with Crippen LogP contribution < -0.4 is 9.47 Å². The maximum Gasteiger partial charge on any atom is 0.573 e. The summed E-state index contributed by atoms with van der Waals surface area (Å²) in [6.07, 6.45) is -3.60. The number of esters is 1.